The first-order valence-corrected chi connectivity index (χ1v) is 14.1. The third-order valence-corrected chi connectivity index (χ3v) is 7.88. The van der Waals surface area contributed by atoms with Crippen molar-refractivity contribution in [1.82, 2.24) is 15.3 Å². The summed E-state index contributed by atoms with van der Waals surface area (Å²) < 4.78 is 40.8. The second kappa shape index (κ2) is 13.2. The minimum absolute atomic E-state index is 0.128. The number of aromatic nitrogens is 1. The lowest BCUT2D eigenvalue weighted by molar-refractivity contribution is -0.113. The highest BCUT2D eigenvalue weighted by Gasteiger charge is 2.24. The smallest absolute Gasteiger partial charge is 0.253 e. The van der Waals surface area contributed by atoms with E-state index in [1.54, 1.807) is 37.2 Å². The first-order valence-electron chi connectivity index (χ1n) is 13.7. The predicted molar refractivity (Wildman–Crippen MR) is 161 cm³/mol. The second-order valence-corrected chi connectivity index (χ2v) is 10.8. The minimum atomic E-state index is -0.625. The van der Waals surface area contributed by atoms with Crippen LogP contribution in [-0.2, 0) is 16.1 Å². The summed E-state index contributed by atoms with van der Waals surface area (Å²) in [6, 6.07) is 8.32. The number of benzene rings is 2. The summed E-state index contributed by atoms with van der Waals surface area (Å²) in [4.78, 5) is 17.5. The van der Waals surface area contributed by atoms with Gasteiger partial charge in [0.15, 0.2) is 0 Å². The molecule has 0 saturated carbocycles. The van der Waals surface area contributed by atoms with Crippen molar-refractivity contribution < 1.29 is 28.2 Å². The van der Waals surface area contributed by atoms with Crippen molar-refractivity contribution in [3.05, 3.63) is 75.8 Å². The number of amides is 1. The van der Waals surface area contributed by atoms with Gasteiger partial charge >= 0.3 is 0 Å². The summed E-state index contributed by atoms with van der Waals surface area (Å²) in [5.41, 5.74) is 3.15. The summed E-state index contributed by atoms with van der Waals surface area (Å²) in [5.74, 6) is -1.31. The van der Waals surface area contributed by atoms with Crippen molar-refractivity contribution in [3.63, 3.8) is 0 Å². The van der Waals surface area contributed by atoms with E-state index in [-0.39, 0.29) is 28.9 Å². The van der Waals surface area contributed by atoms with Gasteiger partial charge in [0.25, 0.3) is 5.91 Å². The number of ether oxygens (including phenoxy) is 2. The first kappa shape index (κ1) is 30.6. The fraction of sp³-hybridized carbons (Fsp3) is 0.323. The quantitative estimate of drug-likeness (QED) is 0.339. The second-order valence-electron chi connectivity index (χ2n) is 10.5. The molecule has 0 spiro atoms. The van der Waals surface area contributed by atoms with Crippen LogP contribution in [0.3, 0.4) is 0 Å². The number of methoxy groups -OCH3 is 1. The Bertz CT molecular complexity index is 1600. The largest absolute Gasteiger partial charge is 0.481 e. The molecule has 3 heterocycles. The molecular formula is C31H32ClF2N5O4. The molecule has 2 atom stereocenters. The Morgan fingerprint density at radius 2 is 1.93 bits per heavy atom. The number of rotatable bonds is 8. The molecule has 1 saturated heterocycles. The number of nitrogens with one attached hydrogen (secondary N) is 2. The van der Waals surface area contributed by atoms with Gasteiger partial charge in [0, 0.05) is 60.4 Å². The van der Waals surface area contributed by atoms with E-state index in [1.807, 2.05) is 0 Å². The average molecular weight is 612 g/mol. The highest BCUT2D eigenvalue weighted by Crippen LogP contribution is 2.40. The van der Waals surface area contributed by atoms with Crippen LogP contribution in [0.1, 0.15) is 17.5 Å². The fourth-order valence-electron chi connectivity index (χ4n) is 5.12. The van der Waals surface area contributed by atoms with Gasteiger partial charge in [-0.2, -0.15) is 5.10 Å². The Kier molecular flexibility index (Phi) is 9.36. The van der Waals surface area contributed by atoms with Gasteiger partial charge in [0.2, 0.25) is 5.88 Å². The topological polar surface area (TPSA) is 108 Å². The number of likely N-dealkylation sites (N-methyl/N-ethyl adjacent to an activating group) is 1. The van der Waals surface area contributed by atoms with E-state index in [9.17, 15) is 14.3 Å². The summed E-state index contributed by atoms with van der Waals surface area (Å²) >= 11 is 6.85. The number of halogens is 3. The number of hydrazone groups is 1. The summed E-state index contributed by atoms with van der Waals surface area (Å²) in [6.45, 7) is 3.22. The van der Waals surface area contributed by atoms with Crippen molar-refractivity contribution in [1.29, 1.82) is 0 Å². The van der Waals surface area contributed by atoms with Gasteiger partial charge in [-0.15, -0.1) is 0 Å². The van der Waals surface area contributed by atoms with Crippen LogP contribution in [0.15, 0.2) is 53.1 Å². The van der Waals surface area contributed by atoms with Crippen LogP contribution in [-0.4, -0.2) is 73.3 Å². The molecule has 0 aliphatic carbocycles. The van der Waals surface area contributed by atoms with Crippen molar-refractivity contribution in [2.24, 2.45) is 5.10 Å². The molecule has 2 aliphatic heterocycles. The third-order valence-electron chi connectivity index (χ3n) is 7.47. The number of hydrogen-bond donors (Lipinski definition) is 3. The van der Waals surface area contributed by atoms with Gasteiger partial charge in [0.1, 0.15) is 11.6 Å². The highest BCUT2D eigenvalue weighted by molar-refractivity contribution is 6.36. The molecular weight excluding hydrogens is 580 g/mol. The standard InChI is InChI=1S/C31H32ClF2N5O4/c1-17-22(10-21(34)13-27(17)37-30(41)19-6-8-36-39(2)15-19)23-11-20(33)12-24(29(23)32)25-5-4-18(31(38-25)42-3)14-35-26-7-9-43-16-28(26)40/h4-6,8,10-13,26,28,35,40H,7,9,14-16H2,1-3H3,(H,37,41)/t26-,28+/m1/s1. The molecule has 1 aromatic heterocycles. The Labute approximate surface area is 253 Å². The molecule has 9 nitrogen and oxygen atoms in total. The molecule has 1 fully saturated rings. The Hall–Kier alpha value is -3.90. The Balaban J connectivity index is 1.45. The van der Waals surface area contributed by atoms with E-state index in [4.69, 9.17) is 21.1 Å². The fourth-order valence-corrected chi connectivity index (χ4v) is 5.43. The lowest BCUT2D eigenvalue weighted by Gasteiger charge is -2.28. The molecule has 2 aromatic carbocycles. The normalized spacial score (nSPS) is 18.4. The zero-order valence-electron chi connectivity index (χ0n) is 24.0. The molecule has 226 valence electrons. The number of pyridine rings is 1. The molecule has 1 amide bonds. The number of aliphatic hydroxyl groups is 1. The van der Waals surface area contributed by atoms with Crippen LogP contribution in [0.2, 0.25) is 5.02 Å². The molecule has 0 unspecified atom stereocenters. The molecule has 12 heteroatoms. The maximum Gasteiger partial charge on any atom is 0.253 e. The van der Waals surface area contributed by atoms with E-state index in [2.05, 4.69) is 20.7 Å². The monoisotopic (exact) mass is 611 g/mol. The molecule has 3 aromatic rings. The van der Waals surface area contributed by atoms with Gasteiger partial charge < -0.3 is 25.2 Å². The number of hydrogen-bond acceptors (Lipinski definition) is 8. The number of aliphatic hydroxyl groups excluding tert-OH is 1. The van der Waals surface area contributed by atoms with Gasteiger partial charge in [-0.1, -0.05) is 17.7 Å². The average Bonchev–Trinajstić information content (AvgIpc) is 2.99. The number of allylic oxidation sites excluding steroid dienone is 1. The number of anilines is 1. The van der Waals surface area contributed by atoms with E-state index in [0.29, 0.717) is 60.0 Å². The first-order chi connectivity index (χ1) is 20.6. The van der Waals surface area contributed by atoms with Crippen LogP contribution in [0.5, 0.6) is 5.88 Å². The highest BCUT2D eigenvalue weighted by atomic mass is 35.5. The minimum Gasteiger partial charge on any atom is -0.481 e. The maximum absolute atomic E-state index is 15.1. The Morgan fingerprint density at radius 3 is 2.67 bits per heavy atom. The van der Waals surface area contributed by atoms with E-state index < -0.39 is 23.6 Å². The lowest BCUT2D eigenvalue weighted by atomic mass is 9.95. The number of nitrogens with zero attached hydrogens (tertiary/aromatic N) is 3. The van der Waals surface area contributed by atoms with Crippen LogP contribution in [0.4, 0.5) is 14.5 Å². The maximum atomic E-state index is 15.1. The van der Waals surface area contributed by atoms with Crippen LogP contribution < -0.4 is 15.4 Å². The summed E-state index contributed by atoms with van der Waals surface area (Å²) in [6.07, 6.45) is 3.17. The molecule has 5 rings (SSSR count). The van der Waals surface area contributed by atoms with Gasteiger partial charge in [-0.25, -0.2) is 13.8 Å². The zero-order valence-corrected chi connectivity index (χ0v) is 24.7. The molecule has 2 aliphatic rings. The molecule has 0 bridgehead atoms. The van der Waals surface area contributed by atoms with Crippen LogP contribution in [0.25, 0.3) is 22.4 Å². The van der Waals surface area contributed by atoms with Crippen molar-refractivity contribution >= 4 is 29.4 Å². The molecule has 43 heavy (non-hydrogen) atoms. The van der Waals surface area contributed by atoms with Gasteiger partial charge in [-0.05, 0) is 60.9 Å². The van der Waals surface area contributed by atoms with Crippen molar-refractivity contribution in [2.75, 3.05) is 39.2 Å². The lowest BCUT2D eigenvalue weighted by Crippen LogP contribution is -2.46. The van der Waals surface area contributed by atoms with Gasteiger partial charge in [0.05, 0.1) is 37.1 Å². The zero-order chi connectivity index (χ0) is 30.7. The number of carbonyl (C=O) groups is 1. The predicted octanol–water partition coefficient (Wildman–Crippen LogP) is 4.70. The van der Waals surface area contributed by atoms with Crippen molar-refractivity contribution in [2.45, 2.75) is 32.0 Å². The Morgan fingerprint density at radius 1 is 1.19 bits per heavy atom. The van der Waals surface area contributed by atoms with E-state index >= 15 is 4.39 Å². The van der Waals surface area contributed by atoms with Crippen molar-refractivity contribution in [3.8, 4) is 28.3 Å². The molecule has 0 radical (unpaired) electrons. The summed E-state index contributed by atoms with van der Waals surface area (Å²) in [7, 11) is 3.22. The third kappa shape index (κ3) is 6.86. The van der Waals surface area contributed by atoms with E-state index in [0.717, 1.165) is 5.56 Å². The van der Waals surface area contributed by atoms with Gasteiger partial charge in [-0.3, -0.25) is 9.80 Å². The SMILES string of the molecule is COc1nc(-c2cc(F)cc(-c3cc(F)cc(NC(=O)C4=CC=NN(C)C4)c3C)c2Cl)ccc1CN[C@@H]1CCOC[C@@H]1O. The van der Waals surface area contributed by atoms with E-state index in [1.165, 1.54) is 37.6 Å². The van der Waals surface area contributed by atoms with Crippen LogP contribution in [0, 0.1) is 18.6 Å². The van der Waals surface area contributed by atoms with Crippen LogP contribution >= 0.6 is 11.6 Å². The summed E-state index contributed by atoms with van der Waals surface area (Å²) in [5, 5.41) is 22.1. The molecule has 3 N–H and O–H groups in total. The number of carbonyl (C=O) groups excluding carboxylic acids is 1.